The molecule has 1 aromatic carbocycles. The van der Waals surface area contributed by atoms with Crippen LogP contribution in [0.2, 0.25) is 0 Å². The van der Waals surface area contributed by atoms with E-state index in [9.17, 15) is 9.18 Å². The highest BCUT2D eigenvalue weighted by atomic mass is 19.1. The molecule has 0 N–H and O–H groups in total. The predicted molar refractivity (Wildman–Crippen MR) is 114 cm³/mol. The number of amides is 2. The number of fused-ring (bicyclic) bond motifs is 1. The summed E-state index contributed by atoms with van der Waals surface area (Å²) in [6.45, 7) is 3.60. The lowest BCUT2D eigenvalue weighted by Crippen LogP contribution is -2.45. The second-order valence-corrected chi connectivity index (χ2v) is 8.88. The summed E-state index contributed by atoms with van der Waals surface area (Å²) in [5.41, 5.74) is 3.14. The Labute approximate surface area is 182 Å². The van der Waals surface area contributed by atoms with Crippen molar-refractivity contribution in [2.45, 2.75) is 51.1 Å². The third-order valence-corrected chi connectivity index (χ3v) is 6.83. The van der Waals surface area contributed by atoms with Crippen molar-refractivity contribution in [3.05, 3.63) is 58.9 Å². The van der Waals surface area contributed by atoms with Crippen LogP contribution in [0.25, 0.3) is 0 Å². The quantitative estimate of drug-likeness (QED) is 0.750. The Morgan fingerprint density at radius 1 is 1.13 bits per heavy atom. The number of hydrogen-bond donors (Lipinski definition) is 0. The van der Waals surface area contributed by atoms with Gasteiger partial charge in [0.15, 0.2) is 0 Å². The number of halogens is 1. The molecule has 164 valence electrons. The van der Waals surface area contributed by atoms with E-state index < -0.39 is 0 Å². The number of benzene rings is 1. The summed E-state index contributed by atoms with van der Waals surface area (Å²) < 4.78 is 18.8. The van der Waals surface area contributed by atoms with Crippen LogP contribution in [0.3, 0.4) is 0 Å². The molecule has 7 heteroatoms. The van der Waals surface area contributed by atoms with Crippen LogP contribution in [0.5, 0.6) is 0 Å². The average molecular weight is 425 g/mol. The predicted octanol–water partition coefficient (Wildman–Crippen LogP) is 3.90. The summed E-state index contributed by atoms with van der Waals surface area (Å²) in [7, 11) is 0. The molecule has 6 nitrogen and oxygen atoms in total. The Balaban J connectivity index is 1.28. The number of aromatic nitrogens is 2. The van der Waals surface area contributed by atoms with Crippen LogP contribution in [-0.2, 0) is 24.1 Å². The van der Waals surface area contributed by atoms with E-state index >= 15 is 0 Å². The second kappa shape index (κ2) is 8.91. The highest BCUT2D eigenvalue weighted by molar-refractivity contribution is 5.75. The second-order valence-electron chi connectivity index (χ2n) is 8.88. The molecule has 2 aromatic rings. The minimum atomic E-state index is -0.247. The molecule has 1 unspecified atom stereocenters. The number of likely N-dealkylation sites (tertiary alicyclic amines) is 1. The Hall–Kier alpha value is -2.54. The maximum atomic E-state index is 13.4. The van der Waals surface area contributed by atoms with Crippen molar-refractivity contribution in [2.75, 3.05) is 26.3 Å². The highest BCUT2D eigenvalue weighted by Crippen LogP contribution is 2.33. The maximum Gasteiger partial charge on any atom is 0.320 e. The topological polar surface area (TPSA) is 58.6 Å². The molecule has 2 saturated heterocycles. The first-order chi connectivity index (χ1) is 15.2. The molecule has 2 fully saturated rings. The summed E-state index contributed by atoms with van der Waals surface area (Å²) in [6, 6.07) is 6.63. The van der Waals surface area contributed by atoms with Crippen molar-refractivity contribution in [1.82, 2.24) is 19.8 Å². The normalized spacial score (nSPS) is 21.9. The van der Waals surface area contributed by atoms with Crippen molar-refractivity contribution in [1.29, 1.82) is 0 Å². The fraction of sp³-hybridized carbons (Fsp3) is 0.542. The lowest BCUT2D eigenvalue weighted by Gasteiger charge is -2.34. The molecule has 1 atom stereocenters. The van der Waals surface area contributed by atoms with Gasteiger partial charge in [0, 0.05) is 38.9 Å². The average Bonchev–Trinajstić information content (AvgIpc) is 3.29. The number of carbonyl (C=O) groups is 1. The van der Waals surface area contributed by atoms with Crippen LogP contribution >= 0.6 is 0 Å². The molecule has 3 aliphatic rings. The number of hydrogen-bond acceptors (Lipinski definition) is 4. The van der Waals surface area contributed by atoms with Gasteiger partial charge in [0.1, 0.15) is 11.6 Å². The summed E-state index contributed by atoms with van der Waals surface area (Å²) in [5, 5.41) is 0. The van der Waals surface area contributed by atoms with E-state index in [4.69, 9.17) is 9.72 Å². The molecule has 0 saturated carbocycles. The zero-order chi connectivity index (χ0) is 21.2. The Bertz CT molecular complexity index is 930. The standard InChI is InChI=1S/C24H29FN4O2/c25-20-5-3-18(4-6-20)22-2-1-10-29(22)24(30)28-11-7-19-15-26-23(27-21(19)16-28)14-17-8-12-31-13-9-17/h3-6,15,17,22H,1-2,7-14,16H2. The smallest absolute Gasteiger partial charge is 0.320 e. The minimum Gasteiger partial charge on any atom is -0.381 e. The zero-order valence-electron chi connectivity index (χ0n) is 17.8. The van der Waals surface area contributed by atoms with Gasteiger partial charge >= 0.3 is 6.03 Å². The van der Waals surface area contributed by atoms with Gasteiger partial charge in [-0.2, -0.15) is 0 Å². The molecule has 3 aliphatic heterocycles. The minimum absolute atomic E-state index is 0.0176. The van der Waals surface area contributed by atoms with Crippen molar-refractivity contribution >= 4 is 6.03 Å². The zero-order valence-corrected chi connectivity index (χ0v) is 17.8. The van der Waals surface area contributed by atoms with Gasteiger partial charge < -0.3 is 14.5 Å². The highest BCUT2D eigenvalue weighted by Gasteiger charge is 2.34. The lowest BCUT2D eigenvalue weighted by molar-refractivity contribution is 0.0659. The van der Waals surface area contributed by atoms with Gasteiger partial charge in [-0.05, 0) is 61.3 Å². The van der Waals surface area contributed by atoms with Crippen LogP contribution in [0.15, 0.2) is 30.5 Å². The molecule has 0 spiro atoms. The van der Waals surface area contributed by atoms with E-state index in [0.29, 0.717) is 19.0 Å². The van der Waals surface area contributed by atoms with Crippen molar-refractivity contribution in [3.8, 4) is 0 Å². The first-order valence-electron chi connectivity index (χ1n) is 11.4. The van der Waals surface area contributed by atoms with Gasteiger partial charge in [0.25, 0.3) is 0 Å². The van der Waals surface area contributed by atoms with Gasteiger partial charge in [-0.15, -0.1) is 0 Å². The van der Waals surface area contributed by atoms with Crippen LogP contribution in [0.4, 0.5) is 9.18 Å². The SMILES string of the molecule is O=C(N1CCc2cnc(CC3CCOCC3)nc2C1)N1CCCC1c1ccc(F)cc1. The van der Waals surface area contributed by atoms with Crippen molar-refractivity contribution in [3.63, 3.8) is 0 Å². The van der Waals surface area contributed by atoms with Gasteiger partial charge in [-0.25, -0.2) is 19.2 Å². The van der Waals surface area contributed by atoms with E-state index in [1.807, 2.05) is 16.0 Å². The maximum absolute atomic E-state index is 13.4. The molecule has 4 heterocycles. The van der Waals surface area contributed by atoms with Gasteiger partial charge in [-0.3, -0.25) is 0 Å². The van der Waals surface area contributed by atoms with Crippen LogP contribution in [0, 0.1) is 11.7 Å². The number of rotatable bonds is 3. The summed E-state index contributed by atoms with van der Waals surface area (Å²) in [6.07, 6.45) is 7.62. The van der Waals surface area contributed by atoms with Gasteiger partial charge in [0.2, 0.25) is 0 Å². The molecule has 0 bridgehead atoms. The van der Waals surface area contributed by atoms with E-state index in [2.05, 4.69) is 4.98 Å². The number of nitrogens with zero attached hydrogens (tertiary/aromatic N) is 4. The largest absolute Gasteiger partial charge is 0.381 e. The van der Waals surface area contributed by atoms with E-state index in [1.54, 1.807) is 12.1 Å². The monoisotopic (exact) mass is 424 g/mol. The third kappa shape index (κ3) is 4.42. The Kier molecular flexibility index (Phi) is 5.85. The fourth-order valence-corrected chi connectivity index (χ4v) is 5.02. The van der Waals surface area contributed by atoms with Crippen LogP contribution < -0.4 is 0 Å². The van der Waals surface area contributed by atoms with Crippen molar-refractivity contribution < 1.29 is 13.9 Å². The van der Waals surface area contributed by atoms with E-state index in [1.165, 1.54) is 12.1 Å². The summed E-state index contributed by atoms with van der Waals surface area (Å²) in [4.78, 5) is 26.7. The molecule has 1 aromatic heterocycles. The molecule has 5 rings (SSSR count). The molecule has 0 aliphatic carbocycles. The van der Waals surface area contributed by atoms with E-state index in [0.717, 1.165) is 80.9 Å². The first-order valence-corrected chi connectivity index (χ1v) is 11.4. The van der Waals surface area contributed by atoms with Gasteiger partial charge in [0.05, 0.1) is 18.3 Å². The Morgan fingerprint density at radius 2 is 1.94 bits per heavy atom. The van der Waals surface area contributed by atoms with E-state index in [-0.39, 0.29) is 17.9 Å². The summed E-state index contributed by atoms with van der Waals surface area (Å²) >= 11 is 0. The number of ether oxygens (including phenoxy) is 1. The first kappa shape index (κ1) is 20.4. The molecular weight excluding hydrogens is 395 g/mol. The molecule has 0 radical (unpaired) electrons. The van der Waals surface area contributed by atoms with Gasteiger partial charge in [-0.1, -0.05) is 12.1 Å². The lowest BCUT2D eigenvalue weighted by atomic mass is 9.96. The molecule has 2 amide bonds. The summed E-state index contributed by atoms with van der Waals surface area (Å²) in [5.74, 6) is 1.21. The van der Waals surface area contributed by atoms with Crippen LogP contribution in [0.1, 0.15) is 54.4 Å². The van der Waals surface area contributed by atoms with Crippen LogP contribution in [-0.4, -0.2) is 52.1 Å². The third-order valence-electron chi connectivity index (χ3n) is 6.83. The Morgan fingerprint density at radius 3 is 2.74 bits per heavy atom. The number of urea groups is 1. The van der Waals surface area contributed by atoms with Crippen molar-refractivity contribution in [2.24, 2.45) is 5.92 Å². The molecular formula is C24H29FN4O2. The fourth-order valence-electron chi connectivity index (χ4n) is 5.02. The number of carbonyl (C=O) groups excluding carboxylic acids is 1. The molecule has 31 heavy (non-hydrogen) atoms.